The Kier molecular flexibility index (Phi) is 5.39. The Bertz CT molecular complexity index is 709. The largest absolute Gasteiger partial charge is 0.477 e. The van der Waals surface area contributed by atoms with Crippen LogP contribution in [-0.4, -0.2) is 22.0 Å². The van der Waals surface area contributed by atoms with Crippen LogP contribution in [0.2, 0.25) is 0 Å². The van der Waals surface area contributed by atoms with E-state index in [1.165, 1.54) is 12.2 Å². The smallest absolute Gasteiger partial charge is 0.352 e. The van der Waals surface area contributed by atoms with Gasteiger partial charge in [-0.1, -0.05) is 18.2 Å². The lowest BCUT2D eigenvalue weighted by Gasteiger charge is -2.00. The van der Waals surface area contributed by atoms with E-state index in [4.69, 9.17) is 5.11 Å². The zero-order chi connectivity index (χ0) is 15.4. The van der Waals surface area contributed by atoms with E-state index in [2.05, 4.69) is 10.3 Å². The standard InChI is InChI=1S/C14H10I2N2O3/c15-11-9(12(14(20)21)18-13(11)16)6-7-10(19)17-8-4-2-1-3-5-8/h1-7,18H,(H,17,19)(H,20,21)/b7-6+. The summed E-state index contributed by atoms with van der Waals surface area (Å²) in [5, 5.41) is 11.8. The molecule has 5 nitrogen and oxygen atoms in total. The van der Waals surface area contributed by atoms with Gasteiger partial charge in [-0.15, -0.1) is 0 Å². The van der Waals surface area contributed by atoms with E-state index < -0.39 is 5.97 Å². The van der Waals surface area contributed by atoms with Gasteiger partial charge in [0.1, 0.15) is 5.69 Å². The van der Waals surface area contributed by atoms with Crippen LogP contribution in [0.5, 0.6) is 0 Å². The van der Waals surface area contributed by atoms with E-state index >= 15 is 0 Å². The molecule has 1 aromatic heterocycles. The third kappa shape index (κ3) is 4.06. The highest BCUT2D eigenvalue weighted by Crippen LogP contribution is 2.24. The van der Waals surface area contributed by atoms with Crippen LogP contribution in [0.3, 0.4) is 0 Å². The lowest BCUT2D eigenvalue weighted by molar-refractivity contribution is -0.111. The maximum atomic E-state index is 11.8. The van der Waals surface area contributed by atoms with Crippen LogP contribution in [0.1, 0.15) is 16.1 Å². The highest BCUT2D eigenvalue weighted by atomic mass is 127. The molecule has 0 radical (unpaired) electrons. The first-order valence-electron chi connectivity index (χ1n) is 5.83. The number of carboxylic acid groups (broad SMARTS) is 1. The van der Waals surface area contributed by atoms with Gasteiger partial charge in [-0.05, 0) is 63.4 Å². The number of H-pyrrole nitrogens is 1. The van der Waals surface area contributed by atoms with E-state index in [1.54, 1.807) is 12.1 Å². The maximum Gasteiger partial charge on any atom is 0.352 e. The van der Waals surface area contributed by atoms with Crippen LogP contribution >= 0.6 is 45.2 Å². The van der Waals surface area contributed by atoms with Gasteiger partial charge in [0.05, 0.1) is 7.27 Å². The molecule has 2 aromatic rings. The minimum Gasteiger partial charge on any atom is -0.477 e. The number of aromatic nitrogens is 1. The Labute approximate surface area is 148 Å². The van der Waals surface area contributed by atoms with Gasteiger partial charge in [0.25, 0.3) is 0 Å². The zero-order valence-corrected chi connectivity index (χ0v) is 14.9. The number of carbonyl (C=O) groups is 2. The number of hydrogen-bond donors (Lipinski definition) is 3. The quantitative estimate of drug-likeness (QED) is 0.437. The number of aromatic carboxylic acids is 1. The number of anilines is 1. The zero-order valence-electron chi connectivity index (χ0n) is 10.6. The van der Waals surface area contributed by atoms with Gasteiger partial charge in [0.15, 0.2) is 0 Å². The molecule has 7 heteroatoms. The van der Waals surface area contributed by atoms with E-state index in [-0.39, 0.29) is 11.6 Å². The highest BCUT2D eigenvalue weighted by Gasteiger charge is 2.17. The molecule has 21 heavy (non-hydrogen) atoms. The van der Waals surface area contributed by atoms with E-state index in [0.29, 0.717) is 11.3 Å². The average molecular weight is 508 g/mol. The number of benzene rings is 1. The molecule has 0 atom stereocenters. The maximum absolute atomic E-state index is 11.8. The van der Waals surface area contributed by atoms with Crippen molar-refractivity contribution in [2.24, 2.45) is 0 Å². The van der Waals surface area contributed by atoms with Crippen molar-refractivity contribution in [1.82, 2.24) is 4.98 Å². The fourth-order valence-corrected chi connectivity index (χ4v) is 2.79. The van der Waals surface area contributed by atoms with Crippen molar-refractivity contribution >= 4 is 68.8 Å². The van der Waals surface area contributed by atoms with Crippen molar-refractivity contribution in [3.05, 3.63) is 54.9 Å². The van der Waals surface area contributed by atoms with Gasteiger partial charge < -0.3 is 15.4 Å². The fraction of sp³-hybridized carbons (Fsp3) is 0. The molecule has 0 aliphatic heterocycles. The first-order valence-corrected chi connectivity index (χ1v) is 7.99. The second-order valence-electron chi connectivity index (χ2n) is 4.04. The van der Waals surface area contributed by atoms with Gasteiger partial charge in [-0.3, -0.25) is 4.79 Å². The molecule has 0 bridgehead atoms. The number of aromatic amines is 1. The summed E-state index contributed by atoms with van der Waals surface area (Å²) in [6.45, 7) is 0. The number of amides is 1. The lowest BCUT2D eigenvalue weighted by atomic mass is 10.2. The molecule has 0 fully saturated rings. The van der Waals surface area contributed by atoms with Crippen molar-refractivity contribution in [2.75, 3.05) is 5.32 Å². The molecular weight excluding hydrogens is 498 g/mol. The fourth-order valence-electron chi connectivity index (χ4n) is 1.65. The number of para-hydroxylation sites is 1. The van der Waals surface area contributed by atoms with Crippen LogP contribution in [0, 0.1) is 7.27 Å². The van der Waals surface area contributed by atoms with Crippen LogP contribution in [0.15, 0.2) is 36.4 Å². The normalized spacial score (nSPS) is 10.8. The van der Waals surface area contributed by atoms with E-state index in [9.17, 15) is 9.59 Å². The van der Waals surface area contributed by atoms with Gasteiger partial charge in [0.2, 0.25) is 5.91 Å². The molecular formula is C14H10I2N2O3. The third-order valence-electron chi connectivity index (χ3n) is 2.59. The molecule has 1 heterocycles. The number of halogens is 2. The van der Waals surface area contributed by atoms with Gasteiger partial charge in [-0.2, -0.15) is 0 Å². The first-order chi connectivity index (χ1) is 9.99. The van der Waals surface area contributed by atoms with Crippen LogP contribution in [-0.2, 0) is 4.79 Å². The number of nitrogens with one attached hydrogen (secondary N) is 2. The van der Waals surface area contributed by atoms with Crippen molar-refractivity contribution < 1.29 is 14.7 Å². The molecule has 108 valence electrons. The highest BCUT2D eigenvalue weighted by molar-refractivity contribution is 14.1. The van der Waals surface area contributed by atoms with Gasteiger partial charge >= 0.3 is 5.97 Å². The molecule has 1 aromatic carbocycles. The van der Waals surface area contributed by atoms with Crippen LogP contribution in [0.25, 0.3) is 6.08 Å². The molecule has 0 aliphatic carbocycles. The van der Waals surface area contributed by atoms with Crippen molar-refractivity contribution in [2.45, 2.75) is 0 Å². The monoisotopic (exact) mass is 508 g/mol. The van der Waals surface area contributed by atoms with Crippen molar-refractivity contribution in [3.63, 3.8) is 0 Å². The molecule has 2 rings (SSSR count). The molecule has 0 aliphatic rings. The first kappa shape index (κ1) is 16.0. The molecule has 0 saturated heterocycles. The van der Waals surface area contributed by atoms with Crippen LogP contribution in [0.4, 0.5) is 5.69 Å². The van der Waals surface area contributed by atoms with Crippen LogP contribution < -0.4 is 5.32 Å². The number of carbonyl (C=O) groups excluding carboxylic acids is 1. The summed E-state index contributed by atoms with van der Waals surface area (Å²) in [5.41, 5.74) is 1.26. The SMILES string of the molecule is O=C(/C=C/c1c(C(=O)O)[nH]c(I)c1I)Nc1ccccc1. The lowest BCUT2D eigenvalue weighted by Crippen LogP contribution is -2.07. The molecule has 0 unspecified atom stereocenters. The Morgan fingerprint density at radius 2 is 1.86 bits per heavy atom. The number of carboxylic acids is 1. The van der Waals surface area contributed by atoms with Gasteiger partial charge in [0, 0.05) is 17.3 Å². The number of rotatable bonds is 4. The number of hydrogen-bond acceptors (Lipinski definition) is 2. The third-order valence-corrected chi connectivity index (χ3v) is 5.55. The summed E-state index contributed by atoms with van der Waals surface area (Å²) in [6.07, 6.45) is 2.82. The van der Waals surface area contributed by atoms with E-state index in [1.807, 2.05) is 63.4 Å². The van der Waals surface area contributed by atoms with Crippen molar-refractivity contribution in [1.29, 1.82) is 0 Å². The predicted molar refractivity (Wildman–Crippen MR) is 97.3 cm³/mol. The molecule has 0 saturated carbocycles. The summed E-state index contributed by atoms with van der Waals surface area (Å²) in [4.78, 5) is 25.8. The van der Waals surface area contributed by atoms with E-state index in [0.717, 1.165) is 7.27 Å². The summed E-state index contributed by atoms with van der Waals surface area (Å²) in [7, 11) is 0. The molecule has 0 spiro atoms. The summed E-state index contributed by atoms with van der Waals surface area (Å²) >= 11 is 4.06. The molecule has 1 amide bonds. The second-order valence-corrected chi connectivity index (χ2v) is 6.19. The summed E-state index contributed by atoms with van der Waals surface area (Å²) < 4.78 is 1.50. The Balaban J connectivity index is 2.18. The Morgan fingerprint density at radius 3 is 2.48 bits per heavy atom. The second kappa shape index (κ2) is 7.07. The van der Waals surface area contributed by atoms with Crippen molar-refractivity contribution in [3.8, 4) is 0 Å². The summed E-state index contributed by atoms with van der Waals surface area (Å²) in [6, 6.07) is 9.04. The minimum absolute atomic E-state index is 0.0764. The Morgan fingerprint density at radius 1 is 1.19 bits per heavy atom. The topological polar surface area (TPSA) is 82.2 Å². The average Bonchev–Trinajstić information content (AvgIpc) is 2.74. The Hall–Kier alpha value is -1.36. The molecule has 3 N–H and O–H groups in total. The minimum atomic E-state index is -1.06. The van der Waals surface area contributed by atoms with Gasteiger partial charge in [-0.25, -0.2) is 4.79 Å². The predicted octanol–water partition coefficient (Wildman–Crippen LogP) is 3.57. The summed E-state index contributed by atoms with van der Waals surface area (Å²) in [5.74, 6) is -1.37.